The van der Waals surface area contributed by atoms with Gasteiger partial charge in [-0.3, -0.25) is 13.8 Å². The van der Waals surface area contributed by atoms with Gasteiger partial charge in [-0.1, -0.05) is 26.5 Å². The predicted molar refractivity (Wildman–Crippen MR) is 217 cm³/mol. The summed E-state index contributed by atoms with van der Waals surface area (Å²) in [6, 6.07) is 2.01. The fourth-order valence-corrected chi connectivity index (χ4v) is 5.18. The second kappa shape index (κ2) is 21.1. The van der Waals surface area contributed by atoms with Crippen molar-refractivity contribution in [3.63, 3.8) is 0 Å². The van der Waals surface area contributed by atoms with Crippen LogP contribution in [0.5, 0.6) is 11.8 Å². The number of fused-ring (bicyclic) bond motifs is 2. The van der Waals surface area contributed by atoms with Crippen LogP contribution in [-0.2, 0) is 32.0 Å². The van der Waals surface area contributed by atoms with Crippen LogP contribution in [0.15, 0.2) is 49.3 Å². The molecule has 7 rings (SSSR count). The van der Waals surface area contributed by atoms with Crippen LogP contribution in [0.2, 0.25) is 5.15 Å². The lowest BCUT2D eigenvalue weighted by Crippen LogP contribution is -2.41. The van der Waals surface area contributed by atoms with Crippen molar-refractivity contribution >= 4 is 35.5 Å². The second-order valence-electron chi connectivity index (χ2n) is 14.3. The van der Waals surface area contributed by atoms with Crippen LogP contribution in [0, 0.1) is 11.6 Å². The molecule has 26 heteroatoms. The summed E-state index contributed by atoms with van der Waals surface area (Å²) in [5.41, 5.74) is 0.755. The van der Waals surface area contributed by atoms with E-state index in [4.69, 9.17) is 30.4 Å². The van der Waals surface area contributed by atoms with Gasteiger partial charge in [-0.25, -0.2) is 23.7 Å². The maximum absolute atomic E-state index is 14.1. The minimum atomic E-state index is -4.62. The van der Waals surface area contributed by atoms with E-state index >= 15 is 0 Å². The minimum absolute atomic E-state index is 0. The fraction of sp³-hybridized carbons (Fsp3) is 0.474. The molecule has 64 heavy (non-hydrogen) atoms. The monoisotopic (exact) mass is 936 g/mol. The maximum atomic E-state index is 14.1. The molecule has 0 bridgehead atoms. The van der Waals surface area contributed by atoms with Gasteiger partial charge in [-0.05, 0) is 53.7 Å². The van der Waals surface area contributed by atoms with Crippen molar-refractivity contribution in [2.75, 3.05) is 14.2 Å². The van der Waals surface area contributed by atoms with Gasteiger partial charge in [0.2, 0.25) is 0 Å². The molecule has 0 unspecified atom stereocenters. The summed E-state index contributed by atoms with van der Waals surface area (Å²) in [5.74, 6) is -2.26. The van der Waals surface area contributed by atoms with Crippen molar-refractivity contribution in [3.05, 3.63) is 77.8 Å². The molecule has 1 saturated heterocycles. The Kier molecular flexibility index (Phi) is 17.5. The Morgan fingerprint density at radius 2 is 1.12 bits per heavy atom. The molecule has 1 fully saturated rings. The highest BCUT2D eigenvalue weighted by Crippen LogP contribution is 2.37. The minimum Gasteiger partial charge on any atom is -0.463 e. The van der Waals surface area contributed by atoms with E-state index in [1.165, 1.54) is 25.7 Å². The summed E-state index contributed by atoms with van der Waals surface area (Å²) >= 11 is 5.72. The predicted octanol–water partition coefficient (Wildman–Crippen LogP) is 7.85. The number of hydrogen-bond acceptors (Lipinski definition) is 14. The zero-order chi connectivity index (χ0) is 45.8. The Labute approximate surface area is 367 Å². The Balaban J connectivity index is 0.000000263. The molecule has 7 heterocycles. The number of alkyl halides is 6. The van der Waals surface area contributed by atoms with Crippen LogP contribution < -0.4 is 14.9 Å². The van der Waals surface area contributed by atoms with E-state index in [2.05, 4.69) is 49.8 Å². The standard InChI is InChI=1S/C15H13F4N5O2.C14H18BF4NO3.C7H7ClN4O.2CH4/c1-8(15(17,18)19)26-14-10(16)3-9(4-21-14)11-6-24-12(5-20-11)22-23-13(24)7-25-2;1-8(14(17,18)19)21-11-10(16)6-9(7-20-11)15-22-12(2,3)13(4,5)23-15;1-13-4-7-11-10-6-2-9-5(8)3-12(6)7;;/h3-6,8H,7H2,1-2H3;6-8H,1-5H3;2-3H,4H2,1H3;2*1H4/t2*8-;;;/m11.../s1. The zero-order valence-corrected chi connectivity index (χ0v) is 34.8. The molecule has 0 amide bonds. The molecule has 6 aromatic heterocycles. The second-order valence-corrected chi connectivity index (χ2v) is 14.7. The molecule has 0 radical (unpaired) electrons. The number of hydrogen-bond donors (Lipinski definition) is 0. The molecule has 16 nitrogen and oxygen atoms in total. The lowest BCUT2D eigenvalue weighted by molar-refractivity contribution is -0.190. The van der Waals surface area contributed by atoms with Gasteiger partial charge >= 0.3 is 19.5 Å². The van der Waals surface area contributed by atoms with Gasteiger partial charge in [0, 0.05) is 50.0 Å². The van der Waals surface area contributed by atoms with Crippen molar-refractivity contribution in [2.24, 2.45) is 0 Å². The highest BCUT2D eigenvalue weighted by molar-refractivity contribution is 6.62. The number of pyridine rings is 2. The van der Waals surface area contributed by atoms with Crippen LogP contribution >= 0.6 is 11.6 Å². The van der Waals surface area contributed by atoms with Crippen LogP contribution in [0.1, 0.15) is 68.0 Å². The Morgan fingerprint density at radius 1 is 0.672 bits per heavy atom. The third-order valence-electron chi connectivity index (χ3n) is 9.20. The van der Waals surface area contributed by atoms with Crippen LogP contribution in [-0.4, -0.2) is 106 Å². The number of aromatic nitrogens is 10. The van der Waals surface area contributed by atoms with Crippen molar-refractivity contribution in [3.8, 4) is 23.0 Å². The number of nitrogens with zero attached hydrogens (tertiary/aromatic N) is 10. The molecular formula is C38H46BClF8N10O6. The van der Waals surface area contributed by atoms with Gasteiger partial charge in [-0.15, -0.1) is 20.4 Å². The average Bonchev–Trinajstić information content (AvgIpc) is 3.85. The molecule has 0 saturated carbocycles. The number of rotatable bonds is 10. The molecular weight excluding hydrogens is 891 g/mol. The topological polar surface area (TPSA) is 167 Å². The summed E-state index contributed by atoms with van der Waals surface area (Å²) < 4.78 is 137. The first-order valence-corrected chi connectivity index (χ1v) is 18.5. The molecule has 2 atom stereocenters. The normalized spacial score (nSPS) is 15.2. The van der Waals surface area contributed by atoms with E-state index in [0.717, 1.165) is 26.0 Å². The highest BCUT2D eigenvalue weighted by Gasteiger charge is 2.52. The van der Waals surface area contributed by atoms with Crippen molar-refractivity contribution in [1.82, 2.24) is 49.1 Å². The highest BCUT2D eigenvalue weighted by atomic mass is 35.5. The van der Waals surface area contributed by atoms with Crippen molar-refractivity contribution < 1.29 is 63.4 Å². The fourth-order valence-electron chi connectivity index (χ4n) is 5.03. The van der Waals surface area contributed by atoms with Gasteiger partial charge in [0.25, 0.3) is 11.8 Å². The lowest BCUT2D eigenvalue weighted by Gasteiger charge is -2.32. The molecule has 0 aromatic carbocycles. The Hall–Kier alpha value is -5.37. The van der Waals surface area contributed by atoms with Gasteiger partial charge in [-0.2, -0.15) is 26.3 Å². The molecule has 1 aliphatic rings. The molecule has 350 valence electrons. The number of methoxy groups -OCH3 is 2. The first kappa shape index (κ1) is 53.0. The number of ether oxygens (including phenoxy) is 4. The van der Waals surface area contributed by atoms with E-state index in [9.17, 15) is 35.1 Å². The number of halogens is 9. The van der Waals surface area contributed by atoms with E-state index in [-0.39, 0.29) is 32.5 Å². The van der Waals surface area contributed by atoms with Crippen molar-refractivity contribution in [1.29, 1.82) is 0 Å². The molecule has 0 N–H and O–H groups in total. The molecule has 1 aliphatic heterocycles. The molecule has 0 aliphatic carbocycles. The van der Waals surface area contributed by atoms with Gasteiger partial charge in [0.05, 0.1) is 29.3 Å². The lowest BCUT2D eigenvalue weighted by atomic mass is 9.80. The van der Waals surface area contributed by atoms with Gasteiger partial charge in [0.15, 0.2) is 46.8 Å². The smallest absolute Gasteiger partial charge is 0.463 e. The maximum Gasteiger partial charge on any atom is 0.496 e. The molecule has 0 spiro atoms. The van der Waals surface area contributed by atoms with E-state index < -0.39 is 66.3 Å². The molecule has 6 aromatic rings. The largest absolute Gasteiger partial charge is 0.496 e. The quantitative estimate of drug-likeness (QED) is 0.0962. The Morgan fingerprint density at radius 3 is 1.58 bits per heavy atom. The zero-order valence-electron chi connectivity index (χ0n) is 34.1. The Bertz CT molecular complexity index is 2460. The first-order valence-electron chi connectivity index (χ1n) is 18.1. The summed E-state index contributed by atoms with van der Waals surface area (Å²) in [6.45, 7) is 9.50. The summed E-state index contributed by atoms with van der Waals surface area (Å²) in [5, 5.41) is 16.1. The average molecular weight is 937 g/mol. The summed E-state index contributed by atoms with van der Waals surface area (Å²) in [4.78, 5) is 15.3. The third-order valence-corrected chi connectivity index (χ3v) is 9.39. The van der Waals surface area contributed by atoms with Crippen molar-refractivity contribution in [2.45, 2.75) is 105 Å². The third kappa shape index (κ3) is 12.7. The van der Waals surface area contributed by atoms with Crippen LogP contribution in [0.25, 0.3) is 22.6 Å². The van der Waals surface area contributed by atoms with E-state index in [1.54, 1.807) is 34.5 Å². The van der Waals surface area contributed by atoms with Gasteiger partial charge in [0.1, 0.15) is 18.4 Å². The first-order chi connectivity index (χ1) is 28.9. The van der Waals surface area contributed by atoms with E-state index in [0.29, 0.717) is 40.4 Å². The van der Waals surface area contributed by atoms with Crippen LogP contribution in [0.3, 0.4) is 0 Å². The SMILES string of the molecule is C.C.COCc1nnc2cnc(-c3cnc(O[C@H](C)C(F)(F)F)c(F)c3)cn12.COCc1nnc2cnc(Cl)cn12.C[C@@H](Oc1ncc(B2OC(C)(C)C(C)(C)O2)cc1F)C(F)(F)F. The van der Waals surface area contributed by atoms with E-state index in [1.807, 2.05) is 27.7 Å². The summed E-state index contributed by atoms with van der Waals surface area (Å²) in [6.07, 6.45) is -5.00. The van der Waals surface area contributed by atoms with Gasteiger partial charge < -0.3 is 28.3 Å². The van der Waals surface area contributed by atoms with Crippen LogP contribution in [0.4, 0.5) is 35.1 Å². The summed E-state index contributed by atoms with van der Waals surface area (Å²) in [7, 11) is 2.25.